The molecule has 2 aromatic heterocycles. The molecule has 8 heteroatoms. The third kappa shape index (κ3) is 2.88. The maximum Gasteiger partial charge on any atom is 0.266 e. The second-order valence-electron chi connectivity index (χ2n) is 3.60. The third-order valence-corrected chi connectivity index (χ3v) is 5.26. The summed E-state index contributed by atoms with van der Waals surface area (Å²) in [5.74, 6) is 0.327. The molecule has 2 heterocycles. The number of anilines is 1. The summed E-state index contributed by atoms with van der Waals surface area (Å²) >= 11 is 8.90. The lowest BCUT2D eigenvalue weighted by Gasteiger charge is -2.18. The summed E-state index contributed by atoms with van der Waals surface area (Å²) < 4.78 is 26.3. The number of hydrogen-bond donors (Lipinski definition) is 0. The first kappa shape index (κ1) is 14.2. The average molecular weight is 363 g/mol. The topological polar surface area (TPSA) is 63.2 Å². The number of aromatic nitrogens is 2. The van der Waals surface area contributed by atoms with Crippen molar-refractivity contribution in [3.63, 3.8) is 0 Å². The van der Waals surface area contributed by atoms with E-state index in [4.69, 9.17) is 11.6 Å². The first-order valence-corrected chi connectivity index (χ1v) is 7.75. The number of nitrogens with zero attached hydrogens (tertiary/aromatic N) is 3. The van der Waals surface area contributed by atoms with Gasteiger partial charge in [0, 0.05) is 19.4 Å². The molecule has 0 aliphatic carbocycles. The summed E-state index contributed by atoms with van der Waals surface area (Å²) in [6, 6.07) is 6.44. The van der Waals surface area contributed by atoms with Gasteiger partial charge in [-0.25, -0.2) is 18.4 Å². The Balaban J connectivity index is 2.45. The molecular weight excluding hydrogens is 354 g/mol. The van der Waals surface area contributed by atoms with E-state index in [2.05, 4.69) is 25.9 Å². The Morgan fingerprint density at radius 1 is 1.32 bits per heavy atom. The lowest BCUT2D eigenvalue weighted by atomic mass is 10.5. The van der Waals surface area contributed by atoms with Gasteiger partial charge in [-0.3, -0.25) is 4.31 Å². The Morgan fingerprint density at radius 2 is 2.05 bits per heavy atom. The summed E-state index contributed by atoms with van der Waals surface area (Å²) in [5, 5.41) is 0.208. The van der Waals surface area contributed by atoms with Crippen molar-refractivity contribution in [3.8, 4) is 0 Å². The Hall–Kier alpha value is -1.18. The van der Waals surface area contributed by atoms with Crippen molar-refractivity contribution in [2.45, 2.75) is 4.90 Å². The van der Waals surface area contributed by atoms with Crippen molar-refractivity contribution in [2.24, 2.45) is 0 Å². The second-order valence-corrected chi connectivity index (χ2v) is 6.79. The highest BCUT2D eigenvalue weighted by Crippen LogP contribution is 2.25. The van der Waals surface area contributed by atoms with Gasteiger partial charge in [0.2, 0.25) is 0 Å². The van der Waals surface area contributed by atoms with Gasteiger partial charge in [0.25, 0.3) is 10.0 Å². The molecule has 0 fully saturated rings. The van der Waals surface area contributed by atoms with Crippen LogP contribution in [0.1, 0.15) is 0 Å². The largest absolute Gasteiger partial charge is 0.266 e. The van der Waals surface area contributed by atoms with Crippen LogP contribution in [0.15, 0.2) is 46.0 Å². The first-order valence-electron chi connectivity index (χ1n) is 5.14. The maximum absolute atomic E-state index is 12.4. The molecule has 2 rings (SSSR count). The highest BCUT2D eigenvalue weighted by molar-refractivity contribution is 9.10. The summed E-state index contributed by atoms with van der Waals surface area (Å²) in [6.07, 6.45) is 2.74. The molecule has 0 saturated heterocycles. The van der Waals surface area contributed by atoms with Crippen LogP contribution in [0.4, 0.5) is 5.82 Å². The monoisotopic (exact) mass is 361 g/mol. The molecule has 0 aliphatic rings. The minimum atomic E-state index is -3.71. The van der Waals surface area contributed by atoms with Gasteiger partial charge in [-0.15, -0.1) is 0 Å². The molecule has 5 nitrogen and oxygen atoms in total. The molecule has 0 aromatic carbocycles. The van der Waals surface area contributed by atoms with Crippen LogP contribution in [0.5, 0.6) is 0 Å². The van der Waals surface area contributed by atoms with Gasteiger partial charge in [0.15, 0.2) is 0 Å². The summed E-state index contributed by atoms with van der Waals surface area (Å²) in [6.45, 7) is 0. The molecule has 0 bridgehead atoms. The molecule has 0 saturated carbocycles. The van der Waals surface area contributed by atoms with Crippen molar-refractivity contribution in [1.29, 1.82) is 0 Å². The van der Waals surface area contributed by atoms with E-state index in [1.165, 1.54) is 25.5 Å². The average Bonchev–Trinajstić information content (AvgIpc) is 2.41. The first-order chi connectivity index (χ1) is 8.93. The van der Waals surface area contributed by atoms with Crippen LogP contribution in [0.2, 0.25) is 5.15 Å². The number of sulfonamides is 1. The van der Waals surface area contributed by atoms with E-state index in [0.717, 1.165) is 4.31 Å². The lowest BCUT2D eigenvalue weighted by molar-refractivity contribution is 0.593. The Bertz CT molecular complexity index is 694. The molecule has 19 heavy (non-hydrogen) atoms. The van der Waals surface area contributed by atoms with Crippen molar-refractivity contribution in [1.82, 2.24) is 9.97 Å². The summed E-state index contributed by atoms with van der Waals surface area (Å²) in [7, 11) is -2.28. The van der Waals surface area contributed by atoms with E-state index in [1.54, 1.807) is 18.2 Å². The smallest absolute Gasteiger partial charge is 0.253 e. The number of hydrogen-bond acceptors (Lipinski definition) is 4. The molecule has 0 atom stereocenters. The molecule has 0 spiro atoms. The van der Waals surface area contributed by atoms with E-state index < -0.39 is 10.0 Å². The molecule has 100 valence electrons. The van der Waals surface area contributed by atoms with Crippen molar-refractivity contribution >= 4 is 43.4 Å². The minimum absolute atomic E-state index is 0.0388. The number of pyridine rings is 2. The molecule has 0 aliphatic heterocycles. The highest BCUT2D eigenvalue weighted by Gasteiger charge is 2.23. The highest BCUT2D eigenvalue weighted by atomic mass is 79.9. The van der Waals surface area contributed by atoms with Crippen LogP contribution in [0, 0.1) is 0 Å². The number of halogens is 2. The van der Waals surface area contributed by atoms with Gasteiger partial charge < -0.3 is 0 Å². The van der Waals surface area contributed by atoms with E-state index in [9.17, 15) is 8.42 Å². The fraction of sp³-hybridized carbons (Fsp3) is 0.0909. The quantitative estimate of drug-likeness (QED) is 0.788. The fourth-order valence-corrected chi connectivity index (χ4v) is 3.09. The van der Waals surface area contributed by atoms with Gasteiger partial charge in [-0.1, -0.05) is 17.7 Å². The number of rotatable bonds is 3. The van der Waals surface area contributed by atoms with Gasteiger partial charge >= 0.3 is 0 Å². The van der Waals surface area contributed by atoms with E-state index in [1.807, 2.05) is 0 Å². The normalized spacial score (nSPS) is 11.3. The van der Waals surface area contributed by atoms with E-state index >= 15 is 0 Å². The van der Waals surface area contributed by atoms with Crippen LogP contribution >= 0.6 is 27.5 Å². The standard InChI is InChI=1S/C11H9BrClN3O2S/c1-16(10-4-2-3-5-14-10)19(17,18)8-6-9(12)11(13)15-7-8/h2-7H,1H3. The fourth-order valence-electron chi connectivity index (χ4n) is 1.37. The third-order valence-electron chi connectivity index (χ3n) is 2.40. The summed E-state index contributed by atoms with van der Waals surface area (Å²) in [5.41, 5.74) is 0. The van der Waals surface area contributed by atoms with Crippen LogP contribution < -0.4 is 4.31 Å². The van der Waals surface area contributed by atoms with Crippen LogP contribution in [-0.4, -0.2) is 25.4 Å². The molecule has 0 amide bonds. The van der Waals surface area contributed by atoms with Crippen molar-refractivity contribution in [3.05, 3.63) is 46.3 Å². The van der Waals surface area contributed by atoms with Crippen molar-refractivity contribution < 1.29 is 8.42 Å². The maximum atomic E-state index is 12.4. The van der Waals surface area contributed by atoms with Crippen molar-refractivity contribution in [2.75, 3.05) is 11.4 Å². The lowest BCUT2D eigenvalue weighted by Crippen LogP contribution is -2.27. The molecule has 0 unspecified atom stereocenters. The van der Waals surface area contributed by atoms with Gasteiger partial charge in [-0.2, -0.15) is 0 Å². The minimum Gasteiger partial charge on any atom is -0.253 e. The Kier molecular flexibility index (Phi) is 4.07. The predicted octanol–water partition coefficient (Wildman–Crippen LogP) is 2.72. The van der Waals surface area contributed by atoms with E-state index in [-0.39, 0.29) is 10.0 Å². The predicted molar refractivity (Wildman–Crippen MR) is 76.8 cm³/mol. The molecule has 0 N–H and O–H groups in total. The van der Waals surface area contributed by atoms with Crippen LogP contribution in [0.3, 0.4) is 0 Å². The molecule has 2 aromatic rings. The molecule has 0 radical (unpaired) electrons. The van der Waals surface area contributed by atoms with Crippen LogP contribution in [-0.2, 0) is 10.0 Å². The zero-order valence-corrected chi connectivity index (χ0v) is 12.9. The Labute approximate surface area is 124 Å². The molecular formula is C11H9BrClN3O2S. The second kappa shape index (κ2) is 5.44. The Morgan fingerprint density at radius 3 is 2.63 bits per heavy atom. The zero-order chi connectivity index (χ0) is 14.0. The summed E-state index contributed by atoms with van der Waals surface area (Å²) in [4.78, 5) is 7.85. The SMILES string of the molecule is CN(c1ccccn1)S(=O)(=O)c1cnc(Cl)c(Br)c1. The van der Waals surface area contributed by atoms with Gasteiger partial charge in [0.1, 0.15) is 15.9 Å². The van der Waals surface area contributed by atoms with E-state index in [0.29, 0.717) is 10.3 Å². The van der Waals surface area contributed by atoms with Gasteiger partial charge in [-0.05, 0) is 34.1 Å². The van der Waals surface area contributed by atoms with Gasteiger partial charge in [0.05, 0.1) is 4.47 Å². The zero-order valence-electron chi connectivity index (χ0n) is 9.79. The van der Waals surface area contributed by atoms with Crippen LogP contribution in [0.25, 0.3) is 0 Å².